The van der Waals surface area contributed by atoms with Crippen molar-refractivity contribution in [3.63, 3.8) is 0 Å². The first-order valence-corrected chi connectivity index (χ1v) is 9.54. The molecule has 0 aromatic carbocycles. The zero-order chi connectivity index (χ0) is 17.3. The Labute approximate surface area is 145 Å². The molecule has 2 aromatic heterocycles. The van der Waals surface area contributed by atoms with E-state index in [1.165, 1.54) is 13.3 Å². The van der Waals surface area contributed by atoms with Crippen LogP contribution in [0.25, 0.3) is 11.0 Å². The van der Waals surface area contributed by atoms with Crippen LogP contribution >= 0.6 is 11.6 Å². The van der Waals surface area contributed by atoms with Crippen molar-refractivity contribution in [1.82, 2.24) is 13.9 Å². The summed E-state index contributed by atoms with van der Waals surface area (Å²) in [6, 6.07) is 1.81. The molecule has 1 saturated heterocycles. The lowest BCUT2D eigenvalue weighted by atomic mass is 10.2. The lowest BCUT2D eigenvalue weighted by Crippen LogP contribution is -2.44. The Morgan fingerprint density at radius 2 is 2.25 bits per heavy atom. The van der Waals surface area contributed by atoms with Crippen LogP contribution in [-0.2, 0) is 19.5 Å². The van der Waals surface area contributed by atoms with Crippen molar-refractivity contribution in [2.24, 2.45) is 0 Å². The number of hydrogen-bond acceptors (Lipinski definition) is 7. The average Bonchev–Trinajstić information content (AvgIpc) is 2.97. The minimum atomic E-state index is -3.58. The zero-order valence-corrected chi connectivity index (χ0v) is 15.0. The van der Waals surface area contributed by atoms with E-state index in [0.29, 0.717) is 31.0 Å². The fourth-order valence-electron chi connectivity index (χ4n) is 2.72. The second-order valence-electron chi connectivity index (χ2n) is 5.59. The van der Waals surface area contributed by atoms with Crippen LogP contribution in [0.3, 0.4) is 0 Å². The van der Waals surface area contributed by atoms with Crippen LogP contribution in [0.1, 0.15) is 6.92 Å². The summed E-state index contributed by atoms with van der Waals surface area (Å²) in [5.41, 5.74) is 0.278. The summed E-state index contributed by atoms with van der Waals surface area (Å²) in [4.78, 5) is 10.5. The van der Waals surface area contributed by atoms with Gasteiger partial charge < -0.3 is 14.4 Å². The maximum absolute atomic E-state index is 12.5. The standard InChI is InChI=1S/C14H19ClN4O4S/c1-10-9-23-6-5-18(10)12-11-3-4-19(13(11)17-14(15)16-12)24(20,21)8-7-22-2/h3-4,10H,5-9H2,1-2H3/t10-/m1/s1. The highest BCUT2D eigenvalue weighted by molar-refractivity contribution is 7.90. The summed E-state index contributed by atoms with van der Waals surface area (Å²) >= 11 is 6.06. The Kier molecular flexibility index (Phi) is 4.95. The molecule has 1 fully saturated rings. The number of ether oxygens (including phenoxy) is 2. The fourth-order valence-corrected chi connectivity index (χ4v) is 4.11. The topological polar surface area (TPSA) is 86.6 Å². The molecule has 3 rings (SSSR count). The average molecular weight is 375 g/mol. The Hall–Kier alpha value is -1.42. The Morgan fingerprint density at radius 3 is 2.96 bits per heavy atom. The van der Waals surface area contributed by atoms with E-state index in [4.69, 9.17) is 21.1 Å². The highest BCUT2D eigenvalue weighted by Crippen LogP contribution is 2.29. The third kappa shape index (κ3) is 3.21. The maximum atomic E-state index is 12.5. The van der Waals surface area contributed by atoms with Crippen LogP contribution in [0.15, 0.2) is 12.3 Å². The van der Waals surface area contributed by atoms with Crippen molar-refractivity contribution in [3.8, 4) is 0 Å². The van der Waals surface area contributed by atoms with Gasteiger partial charge in [0.1, 0.15) is 5.82 Å². The smallest absolute Gasteiger partial charge is 0.242 e. The number of anilines is 1. The van der Waals surface area contributed by atoms with Gasteiger partial charge in [-0.15, -0.1) is 0 Å². The van der Waals surface area contributed by atoms with Gasteiger partial charge in [-0.3, -0.25) is 0 Å². The summed E-state index contributed by atoms with van der Waals surface area (Å²) in [6.45, 7) is 3.95. The minimum Gasteiger partial charge on any atom is -0.384 e. The quantitative estimate of drug-likeness (QED) is 0.725. The third-order valence-corrected chi connectivity index (χ3v) is 5.69. The van der Waals surface area contributed by atoms with Gasteiger partial charge in [-0.25, -0.2) is 12.4 Å². The van der Waals surface area contributed by atoms with Crippen molar-refractivity contribution < 1.29 is 17.9 Å². The predicted molar refractivity (Wildman–Crippen MR) is 91.2 cm³/mol. The van der Waals surface area contributed by atoms with E-state index in [0.717, 1.165) is 3.97 Å². The lowest BCUT2D eigenvalue weighted by molar-refractivity contribution is 0.0987. The van der Waals surface area contributed by atoms with Crippen LogP contribution in [0.2, 0.25) is 5.28 Å². The second kappa shape index (κ2) is 6.83. The van der Waals surface area contributed by atoms with Crippen LogP contribution in [0, 0.1) is 0 Å². The fraction of sp³-hybridized carbons (Fsp3) is 0.571. The molecule has 0 aliphatic carbocycles. The van der Waals surface area contributed by atoms with Gasteiger partial charge in [0.25, 0.3) is 0 Å². The van der Waals surface area contributed by atoms with Crippen LogP contribution in [-0.4, -0.2) is 67.6 Å². The molecule has 3 heterocycles. The number of aromatic nitrogens is 3. The van der Waals surface area contributed by atoms with E-state index in [1.54, 1.807) is 6.07 Å². The number of fused-ring (bicyclic) bond motifs is 1. The van der Waals surface area contributed by atoms with E-state index < -0.39 is 10.0 Å². The number of rotatable bonds is 5. The Morgan fingerprint density at radius 1 is 1.46 bits per heavy atom. The first kappa shape index (κ1) is 17.4. The summed E-state index contributed by atoms with van der Waals surface area (Å²) in [5.74, 6) is 0.486. The van der Waals surface area contributed by atoms with Crippen LogP contribution < -0.4 is 4.90 Å². The van der Waals surface area contributed by atoms with E-state index >= 15 is 0 Å². The molecule has 0 saturated carbocycles. The van der Waals surface area contributed by atoms with Gasteiger partial charge in [-0.05, 0) is 24.6 Å². The SMILES string of the molecule is COCCS(=O)(=O)n1ccc2c(N3CCOC[C@H]3C)nc(Cl)nc21. The molecule has 0 unspecified atom stereocenters. The molecule has 0 amide bonds. The summed E-state index contributed by atoms with van der Waals surface area (Å²) < 4.78 is 36.4. The summed E-state index contributed by atoms with van der Waals surface area (Å²) in [5, 5.41) is 0.659. The zero-order valence-electron chi connectivity index (χ0n) is 13.5. The van der Waals surface area contributed by atoms with Gasteiger partial charge in [-0.1, -0.05) is 0 Å². The van der Waals surface area contributed by atoms with Gasteiger partial charge in [0.05, 0.1) is 37.0 Å². The van der Waals surface area contributed by atoms with Crippen molar-refractivity contribution in [3.05, 3.63) is 17.5 Å². The van der Waals surface area contributed by atoms with Crippen molar-refractivity contribution in [2.75, 3.05) is 44.1 Å². The first-order chi connectivity index (χ1) is 11.4. The summed E-state index contributed by atoms with van der Waals surface area (Å²) in [7, 11) is -2.13. The van der Waals surface area contributed by atoms with Crippen molar-refractivity contribution >= 4 is 38.5 Å². The van der Waals surface area contributed by atoms with Gasteiger partial charge in [0.2, 0.25) is 15.3 Å². The maximum Gasteiger partial charge on any atom is 0.242 e. The molecular formula is C14H19ClN4O4S. The molecule has 24 heavy (non-hydrogen) atoms. The number of methoxy groups -OCH3 is 1. The van der Waals surface area contributed by atoms with E-state index in [-0.39, 0.29) is 29.3 Å². The minimum absolute atomic E-state index is 0.0121. The predicted octanol–water partition coefficient (Wildman–Crippen LogP) is 1.13. The molecule has 0 radical (unpaired) electrons. The van der Waals surface area contributed by atoms with Gasteiger partial charge >= 0.3 is 0 Å². The van der Waals surface area contributed by atoms with Gasteiger partial charge in [-0.2, -0.15) is 9.97 Å². The molecule has 1 aliphatic heterocycles. The molecule has 2 aromatic rings. The molecule has 0 spiro atoms. The Bertz CT molecular complexity index is 839. The number of halogens is 1. The molecule has 10 heteroatoms. The second-order valence-corrected chi connectivity index (χ2v) is 7.89. The number of nitrogens with zero attached hydrogens (tertiary/aromatic N) is 4. The van der Waals surface area contributed by atoms with Crippen molar-refractivity contribution in [1.29, 1.82) is 0 Å². The first-order valence-electron chi connectivity index (χ1n) is 7.55. The van der Waals surface area contributed by atoms with Crippen molar-refractivity contribution in [2.45, 2.75) is 13.0 Å². The molecule has 1 atom stereocenters. The van der Waals surface area contributed by atoms with Crippen LogP contribution in [0.5, 0.6) is 0 Å². The molecule has 0 N–H and O–H groups in total. The number of hydrogen-bond donors (Lipinski definition) is 0. The number of morpholine rings is 1. The lowest BCUT2D eigenvalue weighted by Gasteiger charge is -2.34. The highest BCUT2D eigenvalue weighted by Gasteiger charge is 2.26. The largest absolute Gasteiger partial charge is 0.384 e. The molecular weight excluding hydrogens is 356 g/mol. The van der Waals surface area contributed by atoms with E-state index in [2.05, 4.69) is 14.9 Å². The molecule has 8 nitrogen and oxygen atoms in total. The monoisotopic (exact) mass is 374 g/mol. The highest BCUT2D eigenvalue weighted by atomic mass is 35.5. The van der Waals surface area contributed by atoms with E-state index in [9.17, 15) is 8.42 Å². The van der Waals surface area contributed by atoms with Gasteiger partial charge in [0.15, 0.2) is 5.65 Å². The molecule has 132 valence electrons. The normalized spacial score (nSPS) is 19.1. The summed E-state index contributed by atoms with van der Waals surface area (Å²) in [6.07, 6.45) is 1.48. The molecule has 1 aliphatic rings. The van der Waals surface area contributed by atoms with Gasteiger partial charge in [0, 0.05) is 19.9 Å². The van der Waals surface area contributed by atoms with Crippen LogP contribution in [0.4, 0.5) is 5.82 Å². The molecule has 0 bridgehead atoms. The Balaban J connectivity index is 2.10. The third-order valence-electron chi connectivity index (χ3n) is 3.95. The van der Waals surface area contributed by atoms with E-state index in [1.807, 2.05) is 6.92 Å².